The first-order valence-corrected chi connectivity index (χ1v) is 13.7. The molecule has 0 aliphatic rings. The van der Waals surface area contributed by atoms with Crippen molar-refractivity contribution in [1.82, 2.24) is 0 Å². The van der Waals surface area contributed by atoms with Crippen LogP contribution in [0.3, 0.4) is 0 Å². The molecule has 27 heavy (non-hydrogen) atoms. The van der Waals surface area contributed by atoms with Gasteiger partial charge < -0.3 is 0 Å². The van der Waals surface area contributed by atoms with Gasteiger partial charge in [-0.2, -0.15) is 0 Å². The van der Waals surface area contributed by atoms with Crippen LogP contribution in [-0.2, 0) is 0 Å². The third-order valence-corrected chi connectivity index (χ3v) is 14.2. The summed E-state index contributed by atoms with van der Waals surface area (Å²) >= 11 is -2.97. The Morgan fingerprint density at radius 1 is 0.407 bits per heavy atom. The molecule has 4 aromatic carbocycles. The number of rotatable bonds is 5. The van der Waals surface area contributed by atoms with Gasteiger partial charge in [-0.1, -0.05) is 0 Å². The Morgan fingerprint density at radius 2 is 0.741 bits per heavy atom. The van der Waals surface area contributed by atoms with Gasteiger partial charge in [-0.25, -0.2) is 0 Å². The number of hydrogen-bond donors (Lipinski definition) is 0. The van der Waals surface area contributed by atoms with E-state index in [0.717, 1.165) is 0 Å². The van der Waals surface area contributed by atoms with Crippen LogP contribution in [0.5, 0.6) is 0 Å². The van der Waals surface area contributed by atoms with Crippen LogP contribution < -0.4 is 13.2 Å². The van der Waals surface area contributed by atoms with E-state index in [9.17, 15) is 0 Å². The second-order valence-electron chi connectivity index (χ2n) is 6.65. The molecule has 1 heteroatoms. The normalized spacial score (nSPS) is 11.6. The fraction of sp³-hybridized carbons (Fsp3) is 0. The Bertz CT molecular complexity index is 894. The number of hydrogen-bond acceptors (Lipinski definition) is 0. The van der Waals surface area contributed by atoms with E-state index >= 15 is 0 Å². The fourth-order valence-corrected chi connectivity index (χ4v) is 12.4. The van der Waals surface area contributed by atoms with E-state index in [0.29, 0.717) is 0 Å². The van der Waals surface area contributed by atoms with Crippen molar-refractivity contribution >= 4 is 32.5 Å². The topological polar surface area (TPSA) is 0 Å². The van der Waals surface area contributed by atoms with Crippen LogP contribution in [0.4, 0.5) is 0 Å². The summed E-state index contributed by atoms with van der Waals surface area (Å²) < 4.78 is 4.34. The van der Waals surface area contributed by atoms with Gasteiger partial charge in [-0.05, 0) is 0 Å². The zero-order chi connectivity index (χ0) is 18.4. The Morgan fingerprint density at radius 3 is 1.11 bits per heavy atom. The Labute approximate surface area is 164 Å². The first-order valence-electron chi connectivity index (χ1n) is 9.30. The van der Waals surface area contributed by atoms with Gasteiger partial charge in [0.25, 0.3) is 0 Å². The van der Waals surface area contributed by atoms with Gasteiger partial charge in [0.15, 0.2) is 0 Å². The molecule has 0 amide bonds. The monoisotopic (exact) mass is 408 g/mol. The molecule has 130 valence electrons. The second kappa shape index (κ2) is 8.24. The van der Waals surface area contributed by atoms with Crippen LogP contribution in [0.25, 0.3) is 6.08 Å². The van der Waals surface area contributed by atoms with E-state index in [2.05, 4.69) is 132 Å². The molecule has 0 spiro atoms. The van der Waals surface area contributed by atoms with Crippen LogP contribution in [-0.4, -0.2) is 13.3 Å². The molecule has 0 atom stereocenters. The van der Waals surface area contributed by atoms with Crippen LogP contribution in [0, 0.1) is 0 Å². The molecular weight excluding hydrogens is 385 g/mol. The molecule has 0 unspecified atom stereocenters. The Balaban J connectivity index is 1.99. The van der Waals surface area contributed by atoms with Gasteiger partial charge in [0.1, 0.15) is 0 Å². The zero-order valence-corrected chi connectivity index (χ0v) is 17.3. The number of benzene rings is 4. The maximum absolute atomic E-state index is 2.97. The quantitative estimate of drug-likeness (QED) is 0.430. The predicted molar refractivity (Wildman–Crippen MR) is 119 cm³/mol. The van der Waals surface area contributed by atoms with Crippen molar-refractivity contribution in [2.45, 2.75) is 0 Å². The zero-order valence-electron chi connectivity index (χ0n) is 15.2. The van der Waals surface area contributed by atoms with Gasteiger partial charge in [0.2, 0.25) is 0 Å². The van der Waals surface area contributed by atoms with E-state index in [-0.39, 0.29) is 0 Å². The van der Waals surface area contributed by atoms with Crippen molar-refractivity contribution in [3.63, 3.8) is 0 Å². The first-order chi connectivity index (χ1) is 13.4. The van der Waals surface area contributed by atoms with E-state index in [1.165, 1.54) is 18.8 Å². The summed E-state index contributed by atoms with van der Waals surface area (Å²) in [6, 6.07) is 43.7. The maximum atomic E-state index is 2.52. The van der Waals surface area contributed by atoms with Crippen LogP contribution in [0.2, 0.25) is 0 Å². The molecular formula is C26H22Ge. The van der Waals surface area contributed by atoms with Crippen molar-refractivity contribution in [1.29, 1.82) is 0 Å². The predicted octanol–water partition coefficient (Wildman–Crippen LogP) is 4.41. The van der Waals surface area contributed by atoms with Crippen LogP contribution in [0.1, 0.15) is 5.56 Å². The molecule has 0 saturated carbocycles. The average Bonchev–Trinajstić information content (AvgIpc) is 2.77. The van der Waals surface area contributed by atoms with Crippen molar-refractivity contribution in [2.75, 3.05) is 0 Å². The third-order valence-electron chi connectivity index (χ3n) is 5.01. The van der Waals surface area contributed by atoms with Gasteiger partial charge in [0, 0.05) is 0 Å². The van der Waals surface area contributed by atoms with Gasteiger partial charge in [-0.3, -0.25) is 0 Å². The van der Waals surface area contributed by atoms with Crippen LogP contribution >= 0.6 is 0 Å². The van der Waals surface area contributed by atoms with E-state index in [4.69, 9.17) is 0 Å². The summed E-state index contributed by atoms with van der Waals surface area (Å²) in [6.45, 7) is 0. The fourth-order valence-electron chi connectivity index (χ4n) is 3.68. The Hall–Kier alpha value is -2.84. The van der Waals surface area contributed by atoms with Gasteiger partial charge >= 0.3 is 164 Å². The van der Waals surface area contributed by atoms with Crippen molar-refractivity contribution < 1.29 is 0 Å². The third kappa shape index (κ3) is 3.67. The summed E-state index contributed by atoms with van der Waals surface area (Å²) in [5.74, 6) is 0. The molecule has 4 rings (SSSR count). The summed E-state index contributed by atoms with van der Waals surface area (Å²) in [4.78, 5) is 2.52. The average molecular weight is 407 g/mol. The first kappa shape index (κ1) is 17.6. The molecule has 0 N–H and O–H groups in total. The van der Waals surface area contributed by atoms with Crippen LogP contribution in [0.15, 0.2) is 126 Å². The molecule has 4 aromatic rings. The van der Waals surface area contributed by atoms with E-state index < -0.39 is 13.3 Å². The Kier molecular flexibility index (Phi) is 5.36. The van der Waals surface area contributed by atoms with Crippen molar-refractivity contribution in [2.24, 2.45) is 0 Å². The molecule has 0 fully saturated rings. The second-order valence-corrected chi connectivity index (χ2v) is 14.4. The molecule has 0 nitrogen and oxygen atoms in total. The molecule has 0 aromatic heterocycles. The molecule has 0 saturated heterocycles. The molecule has 0 bridgehead atoms. The minimum atomic E-state index is -2.97. The van der Waals surface area contributed by atoms with E-state index in [1.54, 1.807) is 0 Å². The molecule has 0 aliphatic carbocycles. The van der Waals surface area contributed by atoms with Crippen molar-refractivity contribution in [3.8, 4) is 0 Å². The SMILES string of the molecule is C(=[CH]/[Ge]([c]1ccccc1)([c]1ccccc1)[c]1ccccc1)/c1ccccc1. The summed E-state index contributed by atoms with van der Waals surface area (Å²) in [5, 5.41) is 0. The van der Waals surface area contributed by atoms with Gasteiger partial charge in [0.05, 0.1) is 0 Å². The summed E-state index contributed by atoms with van der Waals surface area (Å²) in [7, 11) is 0. The summed E-state index contributed by atoms with van der Waals surface area (Å²) in [6.07, 6.45) is 2.31. The molecule has 0 aliphatic heterocycles. The summed E-state index contributed by atoms with van der Waals surface area (Å²) in [5.41, 5.74) is 1.25. The molecule has 0 radical (unpaired) electrons. The van der Waals surface area contributed by atoms with E-state index in [1.807, 2.05) is 0 Å². The molecule has 0 heterocycles. The van der Waals surface area contributed by atoms with Crippen molar-refractivity contribution in [3.05, 3.63) is 132 Å². The minimum absolute atomic E-state index is 1.25. The van der Waals surface area contributed by atoms with Gasteiger partial charge in [-0.15, -0.1) is 0 Å². The standard InChI is InChI=1S/C26H22Ge/c1-5-13-23(14-6-1)21-22-27(24-15-7-2-8-16-24,25-17-9-3-10-18-25)26-19-11-4-12-20-26/h1-22H/b22-21-.